The number of pyridine rings is 1. The highest BCUT2D eigenvalue weighted by Crippen LogP contribution is 2.25. The molecule has 0 aliphatic rings. The summed E-state index contributed by atoms with van der Waals surface area (Å²) in [5.74, 6) is -0.998. The number of hydrogen-bond acceptors (Lipinski definition) is 2. The number of benzene rings is 1. The van der Waals surface area contributed by atoms with Crippen molar-refractivity contribution in [3.63, 3.8) is 0 Å². The van der Waals surface area contributed by atoms with Crippen LogP contribution >= 0.6 is 11.6 Å². The maximum atomic E-state index is 10.8. The highest BCUT2D eigenvalue weighted by molar-refractivity contribution is 6.35. The molecule has 0 saturated carbocycles. The first-order chi connectivity index (χ1) is 7.09. The van der Waals surface area contributed by atoms with Crippen molar-refractivity contribution in [1.29, 1.82) is 0 Å². The van der Waals surface area contributed by atoms with Gasteiger partial charge in [-0.15, -0.1) is 0 Å². The second kappa shape index (κ2) is 3.51. The molecular formula is C11H8ClNO2. The fourth-order valence-corrected chi connectivity index (χ4v) is 1.65. The lowest BCUT2D eigenvalue weighted by atomic mass is 10.1. The van der Waals surface area contributed by atoms with Crippen molar-refractivity contribution < 1.29 is 9.90 Å². The summed E-state index contributed by atoms with van der Waals surface area (Å²) in [4.78, 5) is 14.9. The molecule has 0 unspecified atom stereocenters. The molecule has 1 heterocycles. The van der Waals surface area contributed by atoms with Crippen LogP contribution in [-0.4, -0.2) is 16.1 Å². The van der Waals surface area contributed by atoms with E-state index in [4.69, 9.17) is 16.7 Å². The molecule has 0 aliphatic carbocycles. The highest BCUT2D eigenvalue weighted by Gasteiger charge is 2.08. The Morgan fingerprint density at radius 2 is 2.20 bits per heavy atom. The zero-order valence-electron chi connectivity index (χ0n) is 7.99. The fraction of sp³-hybridized carbons (Fsp3) is 0.0909. The third-order valence-electron chi connectivity index (χ3n) is 2.25. The Labute approximate surface area is 91.3 Å². The van der Waals surface area contributed by atoms with E-state index in [1.807, 2.05) is 13.0 Å². The molecule has 2 aromatic rings. The van der Waals surface area contributed by atoms with E-state index >= 15 is 0 Å². The minimum atomic E-state index is -0.998. The molecule has 3 nitrogen and oxygen atoms in total. The van der Waals surface area contributed by atoms with Crippen molar-refractivity contribution in [3.05, 3.63) is 40.5 Å². The van der Waals surface area contributed by atoms with Crippen LogP contribution in [0.5, 0.6) is 0 Å². The number of aromatic carboxylic acids is 1. The van der Waals surface area contributed by atoms with Crippen LogP contribution in [0.15, 0.2) is 24.4 Å². The molecule has 0 saturated heterocycles. The third kappa shape index (κ3) is 1.66. The number of hydrogen-bond donors (Lipinski definition) is 1. The normalized spacial score (nSPS) is 10.5. The van der Waals surface area contributed by atoms with Gasteiger partial charge in [-0.1, -0.05) is 17.7 Å². The van der Waals surface area contributed by atoms with E-state index < -0.39 is 5.97 Å². The van der Waals surface area contributed by atoms with E-state index in [0.29, 0.717) is 10.4 Å². The molecule has 4 heteroatoms. The largest absolute Gasteiger partial charge is 0.478 e. The number of aryl methyl sites for hydroxylation is 1. The number of carboxylic acids is 1. The zero-order valence-corrected chi connectivity index (χ0v) is 8.75. The van der Waals surface area contributed by atoms with Crippen molar-refractivity contribution in [3.8, 4) is 0 Å². The van der Waals surface area contributed by atoms with Gasteiger partial charge in [-0.05, 0) is 24.6 Å². The Morgan fingerprint density at radius 1 is 1.47 bits per heavy atom. The molecule has 0 bridgehead atoms. The van der Waals surface area contributed by atoms with Crippen LogP contribution in [0.4, 0.5) is 0 Å². The quantitative estimate of drug-likeness (QED) is 0.806. The van der Waals surface area contributed by atoms with Crippen molar-refractivity contribution >= 4 is 28.5 Å². The van der Waals surface area contributed by atoms with Gasteiger partial charge in [0.1, 0.15) is 0 Å². The van der Waals surface area contributed by atoms with Gasteiger partial charge in [-0.2, -0.15) is 0 Å². The molecule has 0 radical (unpaired) electrons. The Morgan fingerprint density at radius 3 is 2.87 bits per heavy atom. The van der Waals surface area contributed by atoms with Gasteiger partial charge in [-0.25, -0.2) is 4.79 Å². The first-order valence-electron chi connectivity index (χ1n) is 4.38. The maximum Gasteiger partial charge on any atom is 0.337 e. The van der Waals surface area contributed by atoms with Crippen LogP contribution in [0.1, 0.15) is 15.9 Å². The lowest BCUT2D eigenvalue weighted by Crippen LogP contribution is -1.97. The molecule has 0 amide bonds. The summed E-state index contributed by atoms with van der Waals surface area (Å²) >= 11 is 5.97. The average Bonchev–Trinajstić information content (AvgIpc) is 2.23. The topological polar surface area (TPSA) is 50.2 Å². The Balaban J connectivity index is 2.81. The maximum absolute atomic E-state index is 10.8. The molecule has 0 aliphatic heterocycles. The minimum Gasteiger partial charge on any atom is -0.478 e. The van der Waals surface area contributed by atoms with E-state index in [9.17, 15) is 4.79 Å². The first kappa shape index (κ1) is 9.93. The summed E-state index contributed by atoms with van der Waals surface area (Å²) in [7, 11) is 0. The number of aromatic nitrogens is 1. The van der Waals surface area contributed by atoms with Crippen LogP contribution in [0.3, 0.4) is 0 Å². The van der Waals surface area contributed by atoms with E-state index in [-0.39, 0.29) is 5.56 Å². The number of fused-ring (bicyclic) bond motifs is 1. The summed E-state index contributed by atoms with van der Waals surface area (Å²) in [6.45, 7) is 1.91. The van der Waals surface area contributed by atoms with Crippen LogP contribution < -0.4 is 0 Å². The molecule has 76 valence electrons. The van der Waals surface area contributed by atoms with Crippen LogP contribution in [0.2, 0.25) is 5.02 Å². The van der Waals surface area contributed by atoms with Crippen LogP contribution in [0, 0.1) is 6.92 Å². The molecule has 0 spiro atoms. The van der Waals surface area contributed by atoms with E-state index in [1.165, 1.54) is 6.20 Å². The van der Waals surface area contributed by atoms with Crippen LogP contribution in [0.25, 0.3) is 10.9 Å². The summed E-state index contributed by atoms with van der Waals surface area (Å²) in [5, 5.41) is 10.0. The van der Waals surface area contributed by atoms with Crippen LogP contribution in [-0.2, 0) is 0 Å². The fourth-order valence-electron chi connectivity index (χ4n) is 1.44. The smallest absolute Gasteiger partial charge is 0.337 e. The number of carbonyl (C=O) groups is 1. The minimum absolute atomic E-state index is 0.148. The summed E-state index contributed by atoms with van der Waals surface area (Å²) in [6, 6.07) is 5.14. The highest BCUT2D eigenvalue weighted by atomic mass is 35.5. The first-order valence-corrected chi connectivity index (χ1v) is 4.75. The molecule has 0 atom stereocenters. The molecular weight excluding hydrogens is 214 g/mol. The Kier molecular flexibility index (Phi) is 2.32. The lowest BCUT2D eigenvalue weighted by molar-refractivity contribution is 0.0696. The second-order valence-electron chi connectivity index (χ2n) is 3.29. The SMILES string of the molecule is Cc1ccc(Cl)c2cc(C(=O)O)cnc12. The van der Waals surface area contributed by atoms with Gasteiger partial charge in [0.05, 0.1) is 16.1 Å². The van der Waals surface area contributed by atoms with E-state index in [1.54, 1.807) is 12.1 Å². The molecule has 2 rings (SSSR count). The third-order valence-corrected chi connectivity index (χ3v) is 2.57. The molecule has 1 N–H and O–H groups in total. The van der Waals surface area contributed by atoms with E-state index in [2.05, 4.69) is 4.98 Å². The van der Waals surface area contributed by atoms with Crippen molar-refractivity contribution in [2.24, 2.45) is 0 Å². The van der Waals surface area contributed by atoms with Crippen molar-refractivity contribution in [1.82, 2.24) is 4.98 Å². The van der Waals surface area contributed by atoms with Gasteiger partial charge < -0.3 is 5.11 Å². The summed E-state index contributed by atoms with van der Waals surface area (Å²) < 4.78 is 0. The summed E-state index contributed by atoms with van der Waals surface area (Å²) in [5.41, 5.74) is 1.87. The molecule has 1 aromatic heterocycles. The number of nitrogens with zero attached hydrogens (tertiary/aromatic N) is 1. The standard InChI is InChI=1S/C11H8ClNO2/c1-6-2-3-9(12)8-4-7(11(14)15)5-13-10(6)8/h2-5H,1H3,(H,14,15). The van der Waals surface area contributed by atoms with Gasteiger partial charge in [0.25, 0.3) is 0 Å². The molecule has 15 heavy (non-hydrogen) atoms. The number of halogens is 1. The Hall–Kier alpha value is -1.61. The molecule has 0 fully saturated rings. The predicted molar refractivity (Wildman–Crippen MR) is 58.4 cm³/mol. The second-order valence-corrected chi connectivity index (χ2v) is 3.70. The monoisotopic (exact) mass is 221 g/mol. The van der Waals surface area contributed by atoms with Gasteiger partial charge in [0.15, 0.2) is 0 Å². The number of rotatable bonds is 1. The predicted octanol–water partition coefficient (Wildman–Crippen LogP) is 2.89. The van der Waals surface area contributed by atoms with Gasteiger partial charge >= 0.3 is 5.97 Å². The molecule has 1 aromatic carbocycles. The van der Waals surface area contributed by atoms with E-state index in [0.717, 1.165) is 11.1 Å². The lowest BCUT2D eigenvalue weighted by Gasteiger charge is -2.03. The van der Waals surface area contributed by atoms with Gasteiger partial charge in [0.2, 0.25) is 0 Å². The Bertz CT molecular complexity index is 552. The summed E-state index contributed by atoms with van der Waals surface area (Å²) in [6.07, 6.45) is 1.34. The zero-order chi connectivity index (χ0) is 11.0. The average molecular weight is 222 g/mol. The van der Waals surface area contributed by atoms with Crippen molar-refractivity contribution in [2.75, 3.05) is 0 Å². The number of carboxylic acid groups (broad SMARTS) is 1. The van der Waals surface area contributed by atoms with Crippen molar-refractivity contribution in [2.45, 2.75) is 6.92 Å². The van der Waals surface area contributed by atoms with Gasteiger partial charge in [-0.3, -0.25) is 4.98 Å². The van der Waals surface area contributed by atoms with Gasteiger partial charge in [0, 0.05) is 11.6 Å².